The summed E-state index contributed by atoms with van der Waals surface area (Å²) in [5.41, 5.74) is 0.767. The number of imidazole rings is 1. The van der Waals surface area contributed by atoms with Gasteiger partial charge >= 0.3 is 6.03 Å². The molecule has 3 aromatic heterocycles. The smallest absolute Gasteiger partial charge is 0.318 e. The van der Waals surface area contributed by atoms with Crippen molar-refractivity contribution in [1.82, 2.24) is 34.9 Å². The first-order chi connectivity index (χ1) is 13.1. The highest BCUT2D eigenvalue weighted by molar-refractivity contribution is 5.74. The zero-order valence-electron chi connectivity index (χ0n) is 15.2. The van der Waals surface area contributed by atoms with Crippen molar-refractivity contribution in [3.8, 4) is 11.4 Å². The van der Waals surface area contributed by atoms with E-state index in [0.717, 1.165) is 24.2 Å². The molecule has 140 valence electrons. The molecule has 9 nitrogen and oxygen atoms in total. The molecule has 0 bridgehead atoms. The second-order valence-corrected chi connectivity index (χ2v) is 6.77. The number of rotatable bonds is 6. The molecule has 0 spiro atoms. The number of aryl methyl sites for hydroxylation is 1. The summed E-state index contributed by atoms with van der Waals surface area (Å²) in [6.07, 6.45) is 9.18. The van der Waals surface area contributed by atoms with Crippen LogP contribution in [0.5, 0.6) is 0 Å². The Bertz CT molecular complexity index is 917. The molecule has 0 aromatic carbocycles. The topological polar surface area (TPSA) is 102 Å². The van der Waals surface area contributed by atoms with Gasteiger partial charge in [0.25, 0.3) is 0 Å². The molecule has 1 N–H and O–H groups in total. The van der Waals surface area contributed by atoms with Gasteiger partial charge in [0.2, 0.25) is 11.7 Å². The minimum absolute atomic E-state index is 0.0893. The van der Waals surface area contributed by atoms with Crippen LogP contribution in [0.3, 0.4) is 0 Å². The van der Waals surface area contributed by atoms with Gasteiger partial charge in [0.1, 0.15) is 12.4 Å². The molecule has 27 heavy (non-hydrogen) atoms. The number of nitrogens with zero attached hydrogens (tertiary/aromatic N) is 6. The Morgan fingerprint density at radius 1 is 1.44 bits per heavy atom. The normalized spacial score (nSPS) is 14.7. The lowest BCUT2D eigenvalue weighted by atomic mass is 10.1. The average molecular weight is 367 g/mol. The van der Waals surface area contributed by atoms with Gasteiger partial charge < -0.3 is 19.3 Å². The van der Waals surface area contributed by atoms with Crippen molar-refractivity contribution in [2.75, 3.05) is 7.05 Å². The Hall–Kier alpha value is -3.23. The Labute approximate surface area is 156 Å². The van der Waals surface area contributed by atoms with Crippen LogP contribution in [0, 0.1) is 5.92 Å². The van der Waals surface area contributed by atoms with Gasteiger partial charge in [0.15, 0.2) is 0 Å². The Morgan fingerprint density at radius 2 is 2.30 bits per heavy atom. The molecule has 1 saturated carbocycles. The molecule has 4 rings (SSSR count). The van der Waals surface area contributed by atoms with Gasteiger partial charge in [-0.2, -0.15) is 4.98 Å². The van der Waals surface area contributed by atoms with Gasteiger partial charge in [-0.05, 0) is 30.9 Å². The number of nitrogens with one attached hydrogen (secondary N) is 1. The number of hydrogen-bond donors (Lipinski definition) is 1. The van der Waals surface area contributed by atoms with Gasteiger partial charge in [-0.15, -0.1) is 0 Å². The predicted molar refractivity (Wildman–Crippen MR) is 96.2 cm³/mol. The third-order valence-electron chi connectivity index (χ3n) is 4.62. The van der Waals surface area contributed by atoms with E-state index in [1.54, 1.807) is 31.7 Å². The van der Waals surface area contributed by atoms with E-state index in [1.807, 2.05) is 23.9 Å². The molecule has 9 heteroatoms. The predicted octanol–water partition coefficient (Wildman–Crippen LogP) is 2.16. The van der Waals surface area contributed by atoms with Crippen molar-refractivity contribution in [1.29, 1.82) is 0 Å². The van der Waals surface area contributed by atoms with Crippen LogP contribution in [0.1, 0.15) is 30.6 Å². The number of urea groups is 1. The van der Waals surface area contributed by atoms with E-state index in [2.05, 4.69) is 25.4 Å². The third kappa shape index (κ3) is 3.81. The van der Waals surface area contributed by atoms with Crippen molar-refractivity contribution >= 4 is 6.03 Å². The fourth-order valence-corrected chi connectivity index (χ4v) is 2.95. The van der Waals surface area contributed by atoms with Crippen molar-refractivity contribution in [3.05, 3.63) is 48.6 Å². The van der Waals surface area contributed by atoms with Crippen molar-refractivity contribution in [2.45, 2.75) is 25.4 Å². The average Bonchev–Trinajstić information content (AvgIpc) is 3.27. The fourth-order valence-electron chi connectivity index (χ4n) is 2.95. The third-order valence-corrected chi connectivity index (χ3v) is 4.62. The number of carbonyl (C=O) groups excluding carboxylic acids is 1. The number of pyridine rings is 1. The summed E-state index contributed by atoms with van der Waals surface area (Å²) in [4.78, 5) is 27.0. The van der Waals surface area contributed by atoms with E-state index in [1.165, 1.54) is 4.90 Å². The standard InChI is InChI=1S/C18H21N7O2/c1-24-9-8-20-17(24)15(12-5-6-12)22-18(26)25(2)11-14-21-16(23-27-14)13-4-3-7-19-10-13/h3-4,7-10,12,15H,5-6,11H2,1-2H3,(H,22,26)/t15-/m0/s1. The van der Waals surface area contributed by atoms with Crippen LogP contribution in [0.2, 0.25) is 0 Å². The summed E-state index contributed by atoms with van der Waals surface area (Å²) in [6, 6.07) is 3.37. The fraction of sp³-hybridized carbons (Fsp3) is 0.389. The molecular weight excluding hydrogens is 346 g/mol. The molecule has 3 aromatic rings. The maximum atomic E-state index is 12.7. The first kappa shape index (κ1) is 17.2. The minimum Gasteiger partial charge on any atom is -0.337 e. The number of amides is 2. The maximum Gasteiger partial charge on any atom is 0.318 e. The van der Waals surface area contributed by atoms with Crippen molar-refractivity contribution < 1.29 is 9.32 Å². The maximum absolute atomic E-state index is 12.7. The SMILES string of the molecule is CN(Cc1nc(-c2cccnc2)no1)C(=O)N[C@H](c1nccn1C)C1CC1. The highest BCUT2D eigenvalue weighted by atomic mass is 16.5. The van der Waals surface area contributed by atoms with Crippen LogP contribution >= 0.6 is 0 Å². The molecule has 1 atom stereocenters. The Kier molecular flexibility index (Phi) is 4.57. The molecule has 2 amide bonds. The monoisotopic (exact) mass is 367 g/mol. The second-order valence-electron chi connectivity index (χ2n) is 6.77. The highest BCUT2D eigenvalue weighted by Crippen LogP contribution is 2.40. The number of hydrogen-bond acceptors (Lipinski definition) is 6. The lowest BCUT2D eigenvalue weighted by Gasteiger charge is -2.22. The van der Waals surface area contributed by atoms with Gasteiger partial charge in [-0.1, -0.05) is 5.16 Å². The number of aromatic nitrogens is 5. The largest absolute Gasteiger partial charge is 0.337 e. The molecule has 3 heterocycles. The molecule has 1 aliphatic carbocycles. The molecule has 1 aliphatic rings. The van der Waals surface area contributed by atoms with Gasteiger partial charge in [0.05, 0.1) is 6.04 Å². The Balaban J connectivity index is 1.41. The molecular formula is C18H21N7O2. The van der Waals surface area contributed by atoms with Gasteiger partial charge in [0, 0.05) is 44.4 Å². The highest BCUT2D eigenvalue weighted by Gasteiger charge is 2.36. The lowest BCUT2D eigenvalue weighted by Crippen LogP contribution is -2.40. The van der Waals surface area contributed by atoms with E-state index < -0.39 is 0 Å². The summed E-state index contributed by atoms with van der Waals surface area (Å²) in [6.45, 7) is 0.219. The summed E-state index contributed by atoms with van der Waals surface area (Å²) < 4.78 is 7.21. The minimum atomic E-state index is -0.198. The van der Waals surface area contributed by atoms with Crippen LogP contribution in [0.4, 0.5) is 4.79 Å². The van der Waals surface area contributed by atoms with Gasteiger partial charge in [-0.25, -0.2) is 9.78 Å². The van der Waals surface area contributed by atoms with E-state index >= 15 is 0 Å². The first-order valence-electron chi connectivity index (χ1n) is 8.83. The van der Waals surface area contributed by atoms with E-state index in [4.69, 9.17) is 4.52 Å². The van der Waals surface area contributed by atoms with Crippen LogP contribution in [0.25, 0.3) is 11.4 Å². The van der Waals surface area contributed by atoms with Crippen LogP contribution < -0.4 is 5.32 Å². The summed E-state index contributed by atoms with van der Waals surface area (Å²) >= 11 is 0. The summed E-state index contributed by atoms with van der Waals surface area (Å²) in [5.74, 6) is 2.13. The zero-order valence-corrected chi connectivity index (χ0v) is 15.2. The zero-order chi connectivity index (χ0) is 18.8. The molecule has 1 fully saturated rings. The van der Waals surface area contributed by atoms with Crippen molar-refractivity contribution in [2.24, 2.45) is 13.0 Å². The molecule has 0 unspecified atom stereocenters. The molecule has 0 radical (unpaired) electrons. The second kappa shape index (κ2) is 7.18. The quantitative estimate of drug-likeness (QED) is 0.716. The van der Waals surface area contributed by atoms with E-state index in [0.29, 0.717) is 17.6 Å². The number of carbonyl (C=O) groups is 1. The first-order valence-corrected chi connectivity index (χ1v) is 8.83. The summed E-state index contributed by atoms with van der Waals surface area (Å²) in [7, 11) is 3.64. The van der Waals surface area contributed by atoms with Crippen LogP contribution in [-0.4, -0.2) is 42.7 Å². The lowest BCUT2D eigenvalue weighted by molar-refractivity contribution is 0.193. The Morgan fingerprint density at radius 3 is 2.96 bits per heavy atom. The van der Waals surface area contributed by atoms with Gasteiger partial charge in [-0.3, -0.25) is 4.98 Å². The van der Waals surface area contributed by atoms with Crippen molar-refractivity contribution in [3.63, 3.8) is 0 Å². The van der Waals surface area contributed by atoms with Crippen LogP contribution in [0.15, 0.2) is 41.4 Å². The molecule has 0 aliphatic heterocycles. The van der Waals surface area contributed by atoms with E-state index in [-0.39, 0.29) is 18.6 Å². The van der Waals surface area contributed by atoms with E-state index in [9.17, 15) is 4.79 Å². The summed E-state index contributed by atoms with van der Waals surface area (Å²) in [5, 5.41) is 7.04. The molecule has 0 saturated heterocycles. The van der Waals surface area contributed by atoms with Crippen LogP contribution in [-0.2, 0) is 13.6 Å².